The summed E-state index contributed by atoms with van der Waals surface area (Å²) in [4.78, 5) is 4.18. The van der Waals surface area contributed by atoms with E-state index in [1.807, 2.05) is 0 Å². The number of alkyl halides is 3. The number of nitrogens with one attached hydrogen (secondary N) is 2. The van der Waals surface area contributed by atoms with Crippen molar-refractivity contribution in [1.29, 1.82) is 5.26 Å². The number of hydrogen-bond acceptors (Lipinski definition) is 6. The van der Waals surface area contributed by atoms with Crippen LogP contribution >= 0.6 is 0 Å². The zero-order valence-electron chi connectivity index (χ0n) is 23.4. The largest absolute Gasteiger partial charge is 0.413 e. The molecular weight excluding hydrogens is 564 g/mol. The van der Waals surface area contributed by atoms with Crippen LogP contribution in [0, 0.1) is 28.4 Å². The van der Waals surface area contributed by atoms with Crippen LogP contribution in [-0.4, -0.2) is 40.0 Å². The Balaban J connectivity index is 1.46. The average molecular weight is 591 g/mol. The minimum absolute atomic E-state index is 0.0242. The summed E-state index contributed by atoms with van der Waals surface area (Å²) in [6, 6.07) is 9.90. The molecule has 0 amide bonds. The van der Waals surface area contributed by atoms with Gasteiger partial charge in [-0.05, 0) is 60.9 Å². The molecule has 220 valence electrons. The second kappa shape index (κ2) is 9.93. The first kappa shape index (κ1) is 28.9. The molecule has 2 aliphatic rings. The normalized spacial score (nSPS) is 20.4. The minimum Gasteiger partial charge on any atom is -0.380 e. The number of benzene rings is 2. The molecule has 0 bridgehead atoms. The first-order valence-corrected chi connectivity index (χ1v) is 13.9. The minimum atomic E-state index is -4.55. The zero-order chi connectivity index (χ0) is 30.8. The molecule has 7 nitrogen and oxygen atoms in total. The van der Waals surface area contributed by atoms with Crippen LogP contribution in [0.25, 0.3) is 10.9 Å². The van der Waals surface area contributed by atoms with E-state index in [4.69, 9.17) is 7.85 Å². The molecule has 2 unspecified atom stereocenters. The molecule has 6 rings (SSSR count). The monoisotopic (exact) mass is 591 g/mol. The fourth-order valence-electron chi connectivity index (χ4n) is 5.98. The summed E-state index contributed by atoms with van der Waals surface area (Å²) in [5.74, 6) is -1.27. The number of aromatic nitrogens is 4. The maximum atomic E-state index is 15.6. The summed E-state index contributed by atoms with van der Waals surface area (Å²) in [5.41, 5.74) is -3.13. The van der Waals surface area contributed by atoms with Crippen LogP contribution in [0.4, 0.5) is 33.3 Å². The van der Waals surface area contributed by atoms with E-state index in [1.54, 1.807) is 6.07 Å². The second-order valence-corrected chi connectivity index (χ2v) is 12.1. The third-order valence-electron chi connectivity index (χ3n) is 8.85. The van der Waals surface area contributed by atoms with Crippen molar-refractivity contribution in [2.24, 2.45) is 5.41 Å². The number of fused-ring (bicyclic) bond motifs is 1. The Hall–Kier alpha value is -4.21. The van der Waals surface area contributed by atoms with Crippen LogP contribution in [0.3, 0.4) is 0 Å². The van der Waals surface area contributed by atoms with Crippen LogP contribution < -0.4 is 10.6 Å². The van der Waals surface area contributed by atoms with E-state index in [0.29, 0.717) is 11.1 Å². The first-order chi connectivity index (χ1) is 20.3. The van der Waals surface area contributed by atoms with E-state index >= 15 is 4.39 Å². The van der Waals surface area contributed by atoms with E-state index in [9.17, 15) is 22.8 Å². The summed E-state index contributed by atoms with van der Waals surface area (Å²) in [6.45, 7) is 4.26. The average Bonchev–Trinajstić information content (AvgIpc) is 3.50. The molecule has 2 aromatic heterocycles. The molecule has 13 heteroatoms. The molecule has 2 saturated carbocycles. The Labute approximate surface area is 245 Å². The molecule has 0 spiro atoms. The van der Waals surface area contributed by atoms with Gasteiger partial charge < -0.3 is 10.6 Å². The lowest BCUT2D eigenvalue weighted by atomic mass is 9.69. The lowest BCUT2D eigenvalue weighted by Crippen LogP contribution is -2.38. The summed E-state index contributed by atoms with van der Waals surface area (Å²) in [5, 5.41) is 24.4. The summed E-state index contributed by atoms with van der Waals surface area (Å²) in [6.07, 6.45) is 0.425. The number of hydrogen-bond donors (Lipinski definition) is 2. The van der Waals surface area contributed by atoms with Gasteiger partial charge in [-0.25, -0.2) is 13.5 Å². The quantitative estimate of drug-likeness (QED) is 0.188. The fraction of sp³-hybridized carbons (Fsp3) is 0.400. The molecule has 4 aromatic rings. The highest BCUT2D eigenvalue weighted by atomic mass is 19.4. The Bertz CT molecular complexity index is 1740. The van der Waals surface area contributed by atoms with Gasteiger partial charge in [0.05, 0.1) is 22.9 Å². The van der Waals surface area contributed by atoms with Crippen molar-refractivity contribution in [3.63, 3.8) is 0 Å². The summed E-state index contributed by atoms with van der Waals surface area (Å²) < 4.78 is 71.7. The van der Waals surface area contributed by atoms with Gasteiger partial charge in [-0.3, -0.25) is 4.98 Å². The van der Waals surface area contributed by atoms with Crippen LogP contribution in [0.15, 0.2) is 48.8 Å². The van der Waals surface area contributed by atoms with Crippen molar-refractivity contribution in [1.82, 2.24) is 20.0 Å². The van der Waals surface area contributed by atoms with E-state index in [2.05, 4.69) is 45.8 Å². The molecule has 0 aliphatic heterocycles. The van der Waals surface area contributed by atoms with Crippen molar-refractivity contribution < 1.29 is 22.0 Å². The van der Waals surface area contributed by atoms with Crippen molar-refractivity contribution in [3.05, 3.63) is 77.2 Å². The summed E-state index contributed by atoms with van der Waals surface area (Å²) >= 11 is 0. The first-order valence-electron chi connectivity index (χ1n) is 13.9. The molecule has 0 saturated heterocycles. The van der Waals surface area contributed by atoms with Crippen LogP contribution in [0.2, 0.25) is 0 Å². The number of halogens is 5. The fourth-order valence-corrected chi connectivity index (χ4v) is 5.98. The Morgan fingerprint density at radius 2 is 1.81 bits per heavy atom. The molecule has 2 radical (unpaired) electrons. The number of anilines is 2. The zero-order valence-corrected chi connectivity index (χ0v) is 23.4. The lowest BCUT2D eigenvalue weighted by Gasteiger charge is -2.32. The highest BCUT2D eigenvalue weighted by molar-refractivity contribution is 6.19. The van der Waals surface area contributed by atoms with Gasteiger partial charge in [0, 0.05) is 23.3 Å². The molecule has 2 aliphatic carbocycles. The molecule has 2 aromatic carbocycles. The maximum absolute atomic E-state index is 15.6. The smallest absolute Gasteiger partial charge is 0.380 e. The van der Waals surface area contributed by atoms with Gasteiger partial charge in [0.1, 0.15) is 30.9 Å². The third kappa shape index (κ3) is 4.86. The van der Waals surface area contributed by atoms with Crippen LogP contribution in [-0.2, 0) is 11.0 Å². The Kier molecular flexibility index (Phi) is 6.67. The number of pyridine rings is 1. The molecule has 43 heavy (non-hydrogen) atoms. The summed E-state index contributed by atoms with van der Waals surface area (Å²) in [7, 11) is 6.83. The SMILES string of the molecule is [B]C(Nc1cc(F)c2ncc(C#N)c(NC3CCCC3(C)C)c2c1)(c1ccc(F)cc1)c1cn(C2(C(F)(F)F)CC2)nn1. The maximum Gasteiger partial charge on any atom is 0.413 e. The predicted molar refractivity (Wildman–Crippen MR) is 151 cm³/mol. The standard InChI is InChI=1S/C30H27BF5N7/c1-27(2)9-3-4-23(27)39-25-17(14-37)15-38-26-21(25)12-20(13-22(26)33)40-29(31,18-5-7-19(32)8-6-18)24-16-43(42-41-24)28(10-11-28)30(34,35)36/h5-8,12-13,15-16,23,40H,3-4,9-11H2,1-2H3,(H,38,39). The lowest BCUT2D eigenvalue weighted by molar-refractivity contribution is -0.182. The van der Waals surface area contributed by atoms with Crippen molar-refractivity contribution in [3.8, 4) is 6.07 Å². The molecule has 2 heterocycles. The van der Waals surface area contributed by atoms with Gasteiger partial charge >= 0.3 is 6.18 Å². The topological polar surface area (TPSA) is 91.5 Å². The molecular formula is C30H27BF5N7. The Morgan fingerprint density at radius 3 is 2.42 bits per heavy atom. The van der Waals surface area contributed by atoms with Gasteiger partial charge in [-0.2, -0.15) is 18.4 Å². The Morgan fingerprint density at radius 1 is 1.09 bits per heavy atom. The van der Waals surface area contributed by atoms with Gasteiger partial charge in [0.2, 0.25) is 0 Å². The van der Waals surface area contributed by atoms with Crippen LogP contribution in [0.1, 0.15) is 62.8 Å². The van der Waals surface area contributed by atoms with E-state index in [-0.39, 0.29) is 52.3 Å². The number of nitrogens with zero attached hydrogens (tertiary/aromatic N) is 5. The van der Waals surface area contributed by atoms with E-state index < -0.39 is 28.8 Å². The highest BCUT2D eigenvalue weighted by Crippen LogP contribution is 2.55. The van der Waals surface area contributed by atoms with Gasteiger partial charge in [0.25, 0.3) is 0 Å². The van der Waals surface area contributed by atoms with Gasteiger partial charge in [-0.15, -0.1) is 5.10 Å². The van der Waals surface area contributed by atoms with Crippen LogP contribution in [0.5, 0.6) is 0 Å². The predicted octanol–water partition coefficient (Wildman–Crippen LogP) is 6.50. The van der Waals surface area contributed by atoms with Crippen molar-refractivity contribution >= 4 is 30.1 Å². The van der Waals surface area contributed by atoms with Gasteiger partial charge in [-0.1, -0.05) is 37.6 Å². The van der Waals surface area contributed by atoms with Crippen molar-refractivity contribution in [2.45, 2.75) is 69.1 Å². The van der Waals surface area contributed by atoms with E-state index in [0.717, 1.165) is 48.3 Å². The molecule has 2 atom stereocenters. The number of nitriles is 1. The highest BCUT2D eigenvalue weighted by Gasteiger charge is 2.66. The van der Waals surface area contributed by atoms with E-state index in [1.165, 1.54) is 18.3 Å². The van der Waals surface area contributed by atoms with Crippen molar-refractivity contribution in [2.75, 3.05) is 10.6 Å². The third-order valence-corrected chi connectivity index (χ3v) is 8.85. The van der Waals surface area contributed by atoms with Gasteiger partial charge in [0.15, 0.2) is 11.4 Å². The molecule has 2 fully saturated rings. The number of rotatable bonds is 7. The molecule has 2 N–H and O–H groups in total. The second-order valence-electron chi connectivity index (χ2n) is 12.1.